The van der Waals surface area contributed by atoms with Gasteiger partial charge >= 0.3 is 0 Å². The molecule has 0 aliphatic heterocycles. The summed E-state index contributed by atoms with van der Waals surface area (Å²) in [4.78, 5) is 40.0. The van der Waals surface area contributed by atoms with Gasteiger partial charge in [0, 0.05) is 29.4 Å². The van der Waals surface area contributed by atoms with Crippen LogP contribution in [0.5, 0.6) is 0 Å². The van der Waals surface area contributed by atoms with Gasteiger partial charge < -0.3 is 5.32 Å². The van der Waals surface area contributed by atoms with Gasteiger partial charge in [-0.15, -0.1) is 6.58 Å². The van der Waals surface area contributed by atoms with Crippen LogP contribution in [0.4, 0.5) is 11.4 Å². The minimum absolute atomic E-state index is 0.00785. The summed E-state index contributed by atoms with van der Waals surface area (Å²) < 4.78 is 1.44. The number of anilines is 1. The zero-order valence-corrected chi connectivity index (χ0v) is 17.5. The topological polar surface area (TPSA) is 107 Å². The monoisotopic (exact) mass is 444 g/mol. The first kappa shape index (κ1) is 21.5. The van der Waals surface area contributed by atoms with E-state index in [-0.39, 0.29) is 29.5 Å². The van der Waals surface area contributed by atoms with E-state index in [0.29, 0.717) is 32.3 Å². The number of halogens is 1. The zero-order valence-electron chi connectivity index (χ0n) is 15.9. The van der Waals surface area contributed by atoms with Crippen molar-refractivity contribution in [2.24, 2.45) is 0 Å². The lowest BCUT2D eigenvalue weighted by Gasteiger charge is -2.12. The average Bonchev–Trinajstić information content (AvgIpc) is 2.70. The fourth-order valence-electron chi connectivity index (χ4n) is 2.79. The van der Waals surface area contributed by atoms with Crippen LogP contribution in [0.2, 0.25) is 5.02 Å². The summed E-state index contributed by atoms with van der Waals surface area (Å²) in [6, 6.07) is 9.04. The Bertz CT molecular complexity index is 1230. The van der Waals surface area contributed by atoms with Crippen molar-refractivity contribution in [2.75, 3.05) is 11.1 Å². The number of hydrogen-bond acceptors (Lipinski definition) is 6. The maximum absolute atomic E-state index is 12.8. The SMILES string of the molecule is C=CCn1c(SCC(=O)Nc2ccc([N+](=O)[O-])cc2C)nc2cc(Cl)ccc2c1=O. The van der Waals surface area contributed by atoms with Gasteiger partial charge in [-0.3, -0.25) is 24.3 Å². The first-order valence-corrected chi connectivity index (χ1v) is 10.1. The number of amides is 1. The maximum Gasteiger partial charge on any atom is 0.269 e. The first-order valence-electron chi connectivity index (χ1n) is 8.79. The molecule has 10 heteroatoms. The molecule has 0 atom stereocenters. The maximum atomic E-state index is 12.8. The van der Waals surface area contributed by atoms with Crippen LogP contribution in [0, 0.1) is 17.0 Å². The summed E-state index contributed by atoms with van der Waals surface area (Å²) in [5.74, 6) is -0.339. The van der Waals surface area contributed by atoms with Crippen molar-refractivity contribution in [2.45, 2.75) is 18.6 Å². The highest BCUT2D eigenvalue weighted by molar-refractivity contribution is 7.99. The van der Waals surface area contributed by atoms with E-state index in [1.807, 2.05) is 0 Å². The minimum Gasteiger partial charge on any atom is -0.325 e. The molecule has 0 aliphatic rings. The molecule has 0 radical (unpaired) electrons. The van der Waals surface area contributed by atoms with Crippen LogP contribution < -0.4 is 10.9 Å². The molecule has 0 unspecified atom stereocenters. The quantitative estimate of drug-likeness (QED) is 0.192. The Morgan fingerprint density at radius 2 is 2.13 bits per heavy atom. The van der Waals surface area contributed by atoms with E-state index >= 15 is 0 Å². The summed E-state index contributed by atoms with van der Waals surface area (Å²) in [7, 11) is 0. The molecule has 1 amide bonds. The highest BCUT2D eigenvalue weighted by Crippen LogP contribution is 2.23. The number of aromatic nitrogens is 2. The molecule has 1 heterocycles. The van der Waals surface area contributed by atoms with Crippen molar-refractivity contribution in [1.82, 2.24) is 9.55 Å². The fraction of sp³-hybridized carbons (Fsp3) is 0.150. The molecule has 3 aromatic rings. The largest absolute Gasteiger partial charge is 0.325 e. The Morgan fingerprint density at radius 3 is 2.80 bits per heavy atom. The lowest BCUT2D eigenvalue weighted by molar-refractivity contribution is -0.384. The van der Waals surface area contributed by atoms with E-state index < -0.39 is 4.92 Å². The van der Waals surface area contributed by atoms with E-state index in [9.17, 15) is 19.7 Å². The number of nitrogens with one attached hydrogen (secondary N) is 1. The molecular weight excluding hydrogens is 428 g/mol. The smallest absolute Gasteiger partial charge is 0.269 e. The number of thioether (sulfide) groups is 1. The van der Waals surface area contributed by atoms with Gasteiger partial charge in [-0.1, -0.05) is 29.4 Å². The molecule has 0 fully saturated rings. The fourth-order valence-corrected chi connectivity index (χ4v) is 3.77. The van der Waals surface area contributed by atoms with E-state index in [1.54, 1.807) is 31.2 Å². The molecular formula is C20H17ClN4O4S. The molecule has 1 aromatic heterocycles. The molecule has 2 aromatic carbocycles. The summed E-state index contributed by atoms with van der Waals surface area (Å²) >= 11 is 7.11. The van der Waals surface area contributed by atoms with E-state index in [0.717, 1.165) is 11.8 Å². The Kier molecular flexibility index (Phi) is 6.53. The Labute approximate surface area is 180 Å². The standard InChI is InChI=1S/C20H17ClN4O4S/c1-3-8-24-19(27)15-6-4-13(21)10-17(15)23-20(24)30-11-18(26)22-16-7-5-14(25(28)29)9-12(16)2/h3-7,9-10H,1,8,11H2,2H3,(H,22,26). The number of hydrogen-bond donors (Lipinski definition) is 1. The molecule has 30 heavy (non-hydrogen) atoms. The van der Waals surface area contributed by atoms with E-state index in [2.05, 4.69) is 16.9 Å². The van der Waals surface area contributed by atoms with E-state index in [4.69, 9.17) is 11.6 Å². The van der Waals surface area contributed by atoms with Gasteiger partial charge in [0.05, 0.1) is 21.6 Å². The number of carbonyl (C=O) groups is 1. The van der Waals surface area contributed by atoms with E-state index in [1.165, 1.54) is 22.8 Å². The van der Waals surface area contributed by atoms with Gasteiger partial charge in [0.1, 0.15) is 0 Å². The van der Waals surface area contributed by atoms with Crippen LogP contribution >= 0.6 is 23.4 Å². The van der Waals surface area contributed by atoms with Crippen LogP contribution in [0.1, 0.15) is 5.56 Å². The number of carbonyl (C=O) groups excluding carboxylic acids is 1. The van der Waals surface area contributed by atoms with Crippen LogP contribution in [0.3, 0.4) is 0 Å². The second kappa shape index (κ2) is 9.10. The highest BCUT2D eigenvalue weighted by Gasteiger charge is 2.14. The van der Waals surface area contributed by atoms with Crippen LogP contribution in [0.15, 0.2) is 59.0 Å². The molecule has 0 saturated heterocycles. The Morgan fingerprint density at radius 1 is 1.37 bits per heavy atom. The summed E-state index contributed by atoms with van der Waals surface area (Å²) in [6.07, 6.45) is 1.58. The second-order valence-corrected chi connectivity index (χ2v) is 7.73. The normalized spacial score (nSPS) is 10.7. The molecule has 154 valence electrons. The molecule has 1 N–H and O–H groups in total. The van der Waals surface area contributed by atoms with Crippen LogP contribution in [0.25, 0.3) is 10.9 Å². The van der Waals surface area contributed by atoms with Crippen molar-refractivity contribution >= 4 is 51.5 Å². The van der Waals surface area contributed by atoms with Gasteiger partial charge in [0.25, 0.3) is 11.2 Å². The third-order valence-corrected chi connectivity index (χ3v) is 5.43. The number of nitro groups is 1. The Balaban J connectivity index is 1.81. The van der Waals surface area contributed by atoms with Crippen molar-refractivity contribution in [1.29, 1.82) is 0 Å². The van der Waals surface area contributed by atoms with Gasteiger partial charge in [-0.05, 0) is 36.8 Å². The van der Waals surface area contributed by atoms with Crippen molar-refractivity contribution in [3.63, 3.8) is 0 Å². The third-order valence-electron chi connectivity index (χ3n) is 4.22. The number of nitro benzene ring substituents is 1. The molecule has 0 aliphatic carbocycles. The third kappa shape index (κ3) is 4.69. The number of non-ortho nitro benzene ring substituents is 1. The highest BCUT2D eigenvalue weighted by atomic mass is 35.5. The first-order chi connectivity index (χ1) is 14.3. The second-order valence-electron chi connectivity index (χ2n) is 6.35. The number of rotatable bonds is 7. The number of allylic oxidation sites excluding steroid dienone is 1. The lowest BCUT2D eigenvalue weighted by atomic mass is 10.2. The predicted molar refractivity (Wildman–Crippen MR) is 118 cm³/mol. The molecule has 0 saturated carbocycles. The molecule has 3 rings (SSSR count). The molecule has 0 bridgehead atoms. The van der Waals surface area contributed by atoms with Crippen molar-refractivity contribution in [3.05, 3.63) is 80.1 Å². The zero-order chi connectivity index (χ0) is 21.8. The molecule has 8 nitrogen and oxygen atoms in total. The summed E-state index contributed by atoms with van der Waals surface area (Å²) in [5.41, 5.74) is 1.21. The summed E-state index contributed by atoms with van der Waals surface area (Å²) in [6.45, 7) is 5.59. The van der Waals surface area contributed by atoms with Crippen LogP contribution in [-0.2, 0) is 11.3 Å². The Hall–Kier alpha value is -3.17. The van der Waals surface area contributed by atoms with Gasteiger partial charge in [0.15, 0.2) is 5.16 Å². The lowest BCUT2D eigenvalue weighted by Crippen LogP contribution is -2.24. The molecule has 0 spiro atoms. The van der Waals surface area contributed by atoms with Crippen molar-refractivity contribution in [3.8, 4) is 0 Å². The number of nitrogens with zero attached hydrogens (tertiary/aromatic N) is 3. The minimum atomic E-state index is -0.495. The van der Waals surface area contributed by atoms with Gasteiger partial charge in [-0.2, -0.15) is 0 Å². The number of aryl methyl sites for hydroxylation is 1. The van der Waals surface area contributed by atoms with Crippen molar-refractivity contribution < 1.29 is 9.72 Å². The average molecular weight is 445 g/mol. The van der Waals surface area contributed by atoms with Gasteiger partial charge in [0.2, 0.25) is 5.91 Å². The number of benzene rings is 2. The van der Waals surface area contributed by atoms with Gasteiger partial charge in [-0.25, -0.2) is 4.98 Å². The number of fused-ring (bicyclic) bond motifs is 1. The predicted octanol–water partition coefficient (Wildman–Crippen LogP) is 4.18. The van der Waals surface area contributed by atoms with Crippen LogP contribution in [-0.4, -0.2) is 26.1 Å². The summed E-state index contributed by atoms with van der Waals surface area (Å²) in [5, 5.41) is 14.8.